The van der Waals surface area contributed by atoms with E-state index in [0.717, 1.165) is 44.6 Å². The number of nitrogens with two attached hydrogens (primary N) is 1. The summed E-state index contributed by atoms with van der Waals surface area (Å²) in [7, 11) is 0. The summed E-state index contributed by atoms with van der Waals surface area (Å²) in [5, 5.41) is 9.94. The predicted octanol–water partition coefficient (Wildman–Crippen LogP) is 2.69. The number of piperidine rings is 1. The Morgan fingerprint density at radius 3 is 2.58 bits per heavy atom. The van der Waals surface area contributed by atoms with Crippen LogP contribution in [0.2, 0.25) is 0 Å². The van der Waals surface area contributed by atoms with Crippen LogP contribution in [0, 0.1) is 0 Å². The Labute approximate surface area is 122 Å². The zero-order chi connectivity index (χ0) is 12.8. The first-order valence-corrected chi connectivity index (χ1v) is 7.03. The minimum absolute atomic E-state index is 0. The summed E-state index contributed by atoms with van der Waals surface area (Å²) < 4.78 is 0. The van der Waals surface area contributed by atoms with Crippen LogP contribution < -0.4 is 5.73 Å². The van der Waals surface area contributed by atoms with Gasteiger partial charge in [-0.05, 0) is 56.9 Å². The van der Waals surface area contributed by atoms with Gasteiger partial charge in [0, 0.05) is 12.1 Å². The second kappa shape index (κ2) is 8.41. The van der Waals surface area contributed by atoms with Crippen LogP contribution in [0.3, 0.4) is 0 Å². The summed E-state index contributed by atoms with van der Waals surface area (Å²) in [6.45, 7) is 3.92. The minimum atomic E-state index is 0. The smallest absolute Gasteiger partial charge is 0.120 e. The average Bonchev–Trinajstić information content (AvgIpc) is 2.41. The number of aromatic hydroxyl groups is 1. The van der Waals surface area contributed by atoms with Crippen LogP contribution in [0.15, 0.2) is 18.2 Å². The van der Waals surface area contributed by atoms with Gasteiger partial charge in [0.05, 0.1) is 0 Å². The van der Waals surface area contributed by atoms with Crippen molar-refractivity contribution in [2.24, 2.45) is 5.73 Å². The number of nitrogens with zero attached hydrogens (tertiary/aromatic N) is 1. The molecule has 4 heteroatoms. The van der Waals surface area contributed by atoms with Gasteiger partial charge in [0.2, 0.25) is 0 Å². The summed E-state index contributed by atoms with van der Waals surface area (Å²) in [6, 6.07) is 5.97. The quantitative estimate of drug-likeness (QED) is 0.874. The first-order chi connectivity index (χ1) is 8.79. The first-order valence-electron chi connectivity index (χ1n) is 7.03. The molecule has 0 saturated carbocycles. The van der Waals surface area contributed by atoms with Crippen molar-refractivity contribution in [2.75, 3.05) is 19.6 Å². The molecule has 3 nitrogen and oxygen atoms in total. The van der Waals surface area contributed by atoms with Gasteiger partial charge < -0.3 is 10.8 Å². The Kier molecular flexibility index (Phi) is 7.21. The lowest BCUT2D eigenvalue weighted by atomic mass is 10.0. The van der Waals surface area contributed by atoms with E-state index in [1.165, 1.54) is 24.8 Å². The fourth-order valence-electron chi connectivity index (χ4n) is 2.59. The van der Waals surface area contributed by atoms with Crippen LogP contribution in [0.25, 0.3) is 0 Å². The molecule has 0 spiro atoms. The average molecular weight is 285 g/mol. The molecular weight excluding hydrogens is 260 g/mol. The lowest BCUT2D eigenvalue weighted by Gasteiger charge is -2.26. The number of benzene rings is 1. The molecule has 0 bridgehead atoms. The van der Waals surface area contributed by atoms with Crippen molar-refractivity contribution < 1.29 is 5.11 Å². The third-order valence-electron chi connectivity index (χ3n) is 3.66. The molecule has 1 aromatic rings. The summed E-state index contributed by atoms with van der Waals surface area (Å²) in [6.07, 6.45) is 5.93. The number of rotatable bonds is 5. The van der Waals surface area contributed by atoms with Gasteiger partial charge >= 0.3 is 0 Å². The first kappa shape index (κ1) is 16.3. The highest BCUT2D eigenvalue weighted by Gasteiger charge is 2.12. The summed E-state index contributed by atoms with van der Waals surface area (Å²) in [5.74, 6) is 0.428. The van der Waals surface area contributed by atoms with Gasteiger partial charge in [0.25, 0.3) is 0 Å². The van der Waals surface area contributed by atoms with E-state index in [4.69, 9.17) is 5.73 Å². The molecule has 3 N–H and O–H groups in total. The lowest BCUT2D eigenvalue weighted by Crippen LogP contribution is -2.29. The zero-order valence-electron chi connectivity index (χ0n) is 11.5. The number of phenolic OH excluding ortho intramolecular Hbond substituents is 1. The molecule has 1 saturated heterocycles. The molecule has 0 amide bonds. The highest BCUT2D eigenvalue weighted by Crippen LogP contribution is 2.22. The van der Waals surface area contributed by atoms with Crippen molar-refractivity contribution in [1.82, 2.24) is 4.90 Å². The zero-order valence-corrected chi connectivity index (χ0v) is 12.3. The van der Waals surface area contributed by atoms with Crippen LogP contribution in [-0.2, 0) is 13.0 Å². The molecule has 1 fully saturated rings. The van der Waals surface area contributed by atoms with Crippen LogP contribution >= 0.6 is 12.4 Å². The Morgan fingerprint density at radius 1 is 1.16 bits per heavy atom. The van der Waals surface area contributed by atoms with Crippen LogP contribution in [0.5, 0.6) is 5.75 Å². The number of phenols is 1. The Bertz CT molecular complexity index is 378. The fraction of sp³-hybridized carbons (Fsp3) is 0.600. The molecule has 0 aromatic heterocycles. The van der Waals surface area contributed by atoms with E-state index < -0.39 is 0 Å². The van der Waals surface area contributed by atoms with Gasteiger partial charge in [-0.2, -0.15) is 0 Å². The highest BCUT2D eigenvalue weighted by molar-refractivity contribution is 5.85. The van der Waals surface area contributed by atoms with Gasteiger partial charge in [0.15, 0.2) is 0 Å². The second-order valence-electron chi connectivity index (χ2n) is 5.19. The van der Waals surface area contributed by atoms with Crippen molar-refractivity contribution >= 4 is 12.4 Å². The third kappa shape index (κ3) is 5.01. The van der Waals surface area contributed by atoms with Crippen LogP contribution in [-0.4, -0.2) is 29.6 Å². The summed E-state index contributed by atoms with van der Waals surface area (Å²) in [4.78, 5) is 2.44. The molecule has 0 radical (unpaired) electrons. The standard InChI is InChI=1S/C15H24N2O.ClH/c16-8-4-5-13-6-7-15(18)14(11-13)12-17-9-2-1-3-10-17;/h6-7,11,18H,1-5,8-10,12,16H2;1H. The van der Waals surface area contributed by atoms with Gasteiger partial charge in [-0.3, -0.25) is 4.90 Å². The van der Waals surface area contributed by atoms with Crippen molar-refractivity contribution in [1.29, 1.82) is 0 Å². The number of hydrogen-bond acceptors (Lipinski definition) is 3. The molecule has 0 atom stereocenters. The molecule has 2 rings (SSSR count). The minimum Gasteiger partial charge on any atom is -0.508 e. The second-order valence-corrected chi connectivity index (χ2v) is 5.19. The number of halogens is 1. The fourth-order valence-corrected chi connectivity index (χ4v) is 2.59. The SMILES string of the molecule is Cl.NCCCc1ccc(O)c(CN2CCCCC2)c1. The van der Waals surface area contributed by atoms with Crippen LogP contribution in [0.1, 0.15) is 36.8 Å². The van der Waals surface area contributed by atoms with Crippen molar-refractivity contribution in [3.8, 4) is 5.75 Å². The van der Waals surface area contributed by atoms with Crippen molar-refractivity contribution in [3.05, 3.63) is 29.3 Å². The van der Waals surface area contributed by atoms with E-state index >= 15 is 0 Å². The van der Waals surface area contributed by atoms with E-state index in [2.05, 4.69) is 11.0 Å². The topological polar surface area (TPSA) is 49.5 Å². The maximum atomic E-state index is 9.94. The van der Waals surface area contributed by atoms with Gasteiger partial charge in [-0.1, -0.05) is 18.6 Å². The molecule has 1 heterocycles. The molecule has 1 aromatic carbocycles. The molecule has 0 unspecified atom stereocenters. The Hall–Kier alpha value is -0.770. The number of aryl methyl sites for hydroxylation is 1. The molecule has 108 valence electrons. The van der Waals surface area contributed by atoms with E-state index in [1.54, 1.807) is 0 Å². The van der Waals surface area contributed by atoms with E-state index in [9.17, 15) is 5.11 Å². The number of hydrogen-bond donors (Lipinski definition) is 2. The van der Waals surface area contributed by atoms with E-state index in [0.29, 0.717) is 5.75 Å². The highest BCUT2D eigenvalue weighted by atomic mass is 35.5. The van der Waals surface area contributed by atoms with Crippen LogP contribution in [0.4, 0.5) is 0 Å². The molecule has 1 aliphatic heterocycles. The maximum absolute atomic E-state index is 9.94. The van der Waals surface area contributed by atoms with Gasteiger partial charge in [-0.15, -0.1) is 12.4 Å². The monoisotopic (exact) mass is 284 g/mol. The normalized spacial score (nSPS) is 16.1. The molecular formula is C15H25ClN2O. The van der Waals surface area contributed by atoms with Gasteiger partial charge in [0.1, 0.15) is 5.75 Å². The predicted molar refractivity (Wildman–Crippen MR) is 81.9 cm³/mol. The summed E-state index contributed by atoms with van der Waals surface area (Å²) >= 11 is 0. The Morgan fingerprint density at radius 2 is 1.89 bits per heavy atom. The summed E-state index contributed by atoms with van der Waals surface area (Å²) in [5.41, 5.74) is 7.88. The lowest BCUT2D eigenvalue weighted by molar-refractivity contribution is 0.218. The molecule has 1 aliphatic rings. The van der Waals surface area contributed by atoms with E-state index in [1.807, 2.05) is 12.1 Å². The molecule has 0 aliphatic carbocycles. The molecule has 19 heavy (non-hydrogen) atoms. The van der Waals surface area contributed by atoms with Crippen molar-refractivity contribution in [3.63, 3.8) is 0 Å². The van der Waals surface area contributed by atoms with Gasteiger partial charge in [-0.25, -0.2) is 0 Å². The maximum Gasteiger partial charge on any atom is 0.120 e. The Balaban J connectivity index is 0.00000180. The third-order valence-corrected chi connectivity index (χ3v) is 3.66. The largest absolute Gasteiger partial charge is 0.508 e. The van der Waals surface area contributed by atoms with Crippen molar-refractivity contribution in [2.45, 2.75) is 38.6 Å². The number of likely N-dealkylation sites (tertiary alicyclic amines) is 1. The van der Waals surface area contributed by atoms with E-state index in [-0.39, 0.29) is 12.4 Å².